The van der Waals surface area contributed by atoms with Gasteiger partial charge in [-0.3, -0.25) is 0 Å². The number of ether oxygens (including phenoxy) is 1. The lowest BCUT2D eigenvalue weighted by atomic mass is 10.3. The number of rotatable bonds is 6. The molecular weight excluding hydrogens is 340 g/mol. The fourth-order valence-electron chi connectivity index (χ4n) is 2.08. The number of halogens is 1. The van der Waals surface area contributed by atoms with Gasteiger partial charge in [0.2, 0.25) is 10.0 Å². The Morgan fingerprint density at radius 2 is 2.09 bits per heavy atom. The summed E-state index contributed by atoms with van der Waals surface area (Å²) in [5, 5.41) is 8.08. The van der Waals surface area contributed by atoms with Crippen LogP contribution in [0.15, 0.2) is 29.4 Å². The van der Waals surface area contributed by atoms with Crippen LogP contribution in [0.5, 0.6) is 5.75 Å². The Balaban J connectivity index is 2.28. The minimum absolute atomic E-state index is 0.0985. The van der Waals surface area contributed by atoms with Gasteiger partial charge in [0.05, 0.1) is 23.6 Å². The van der Waals surface area contributed by atoms with Crippen LogP contribution in [-0.4, -0.2) is 41.6 Å². The molecule has 7 nitrogen and oxygen atoms in total. The van der Waals surface area contributed by atoms with Crippen LogP contribution in [-0.2, 0) is 16.6 Å². The number of hydrogen-bond donors (Lipinski definition) is 0. The summed E-state index contributed by atoms with van der Waals surface area (Å²) >= 11 is 6.02. The van der Waals surface area contributed by atoms with E-state index in [0.29, 0.717) is 11.6 Å². The maximum absolute atomic E-state index is 12.7. The van der Waals surface area contributed by atoms with Gasteiger partial charge in [0.1, 0.15) is 17.9 Å². The van der Waals surface area contributed by atoms with Gasteiger partial charge in [-0.2, -0.15) is 4.31 Å². The van der Waals surface area contributed by atoms with Crippen LogP contribution < -0.4 is 4.74 Å². The molecule has 1 aromatic heterocycles. The molecule has 0 N–H and O–H groups in total. The maximum Gasteiger partial charge on any atom is 0.243 e. The van der Waals surface area contributed by atoms with E-state index in [4.69, 9.17) is 16.3 Å². The van der Waals surface area contributed by atoms with Gasteiger partial charge in [-0.25, -0.2) is 8.42 Å². The monoisotopic (exact) mass is 358 g/mol. The van der Waals surface area contributed by atoms with Crippen LogP contribution in [0.2, 0.25) is 5.02 Å². The van der Waals surface area contributed by atoms with Crippen LogP contribution in [0.3, 0.4) is 0 Å². The molecule has 0 fully saturated rings. The van der Waals surface area contributed by atoms with Gasteiger partial charge >= 0.3 is 0 Å². The highest BCUT2D eigenvalue weighted by molar-refractivity contribution is 7.89. The smallest absolute Gasteiger partial charge is 0.243 e. The first-order chi connectivity index (χ1) is 10.8. The van der Waals surface area contributed by atoms with Crippen LogP contribution >= 0.6 is 11.6 Å². The van der Waals surface area contributed by atoms with Crippen LogP contribution in [0, 0.1) is 0 Å². The number of nitrogens with zero attached hydrogens (tertiary/aromatic N) is 4. The molecule has 0 saturated heterocycles. The zero-order chi connectivity index (χ0) is 17.2. The Morgan fingerprint density at radius 3 is 2.65 bits per heavy atom. The van der Waals surface area contributed by atoms with E-state index in [0.717, 1.165) is 0 Å². The Morgan fingerprint density at radius 1 is 1.39 bits per heavy atom. The summed E-state index contributed by atoms with van der Waals surface area (Å²) in [6.07, 6.45) is 1.59. The first kappa shape index (κ1) is 17.7. The molecule has 0 amide bonds. The molecule has 0 aliphatic rings. The number of methoxy groups -OCH3 is 1. The van der Waals surface area contributed by atoms with Crippen LogP contribution in [0.1, 0.15) is 25.7 Å². The summed E-state index contributed by atoms with van der Waals surface area (Å²) in [6.45, 7) is 4.07. The van der Waals surface area contributed by atoms with E-state index in [2.05, 4.69) is 10.2 Å². The second-order valence-electron chi connectivity index (χ2n) is 5.31. The average Bonchev–Trinajstić information content (AvgIpc) is 2.95. The van der Waals surface area contributed by atoms with Crippen molar-refractivity contribution in [3.05, 3.63) is 35.4 Å². The lowest BCUT2D eigenvalue weighted by Gasteiger charge is -2.18. The second-order valence-corrected chi connectivity index (χ2v) is 7.76. The summed E-state index contributed by atoms with van der Waals surface area (Å²) in [4.78, 5) is 0.0985. The van der Waals surface area contributed by atoms with Crippen molar-refractivity contribution in [2.75, 3.05) is 14.2 Å². The van der Waals surface area contributed by atoms with Crippen molar-refractivity contribution in [2.45, 2.75) is 31.3 Å². The van der Waals surface area contributed by atoms with Gasteiger partial charge in [-0.05, 0) is 32.0 Å². The highest BCUT2D eigenvalue weighted by atomic mass is 35.5. The molecule has 2 aromatic rings. The number of aromatic nitrogens is 3. The fraction of sp³-hybridized carbons (Fsp3) is 0.429. The van der Waals surface area contributed by atoms with Crippen molar-refractivity contribution >= 4 is 21.6 Å². The molecule has 0 unspecified atom stereocenters. The fourth-order valence-corrected chi connectivity index (χ4v) is 3.56. The number of hydrogen-bond acceptors (Lipinski definition) is 5. The van der Waals surface area contributed by atoms with Crippen LogP contribution in [0.4, 0.5) is 0 Å². The molecule has 0 aliphatic carbocycles. The highest BCUT2D eigenvalue weighted by Crippen LogP contribution is 2.28. The molecule has 9 heteroatoms. The van der Waals surface area contributed by atoms with Gasteiger partial charge in [0.15, 0.2) is 0 Å². The Bertz CT molecular complexity index is 789. The molecule has 126 valence electrons. The third-order valence-electron chi connectivity index (χ3n) is 3.40. The molecule has 0 atom stereocenters. The SMILES string of the molecule is COc1ccc(S(=O)(=O)N(C)Cc2nncn2C(C)C)cc1Cl. The molecule has 0 aliphatic heterocycles. The second kappa shape index (κ2) is 6.86. The molecule has 0 spiro atoms. The molecule has 1 aromatic carbocycles. The molecule has 1 heterocycles. The highest BCUT2D eigenvalue weighted by Gasteiger charge is 2.24. The van der Waals surface area contributed by atoms with Crippen molar-refractivity contribution in [3.8, 4) is 5.75 Å². The van der Waals surface area contributed by atoms with Crippen molar-refractivity contribution in [1.29, 1.82) is 0 Å². The van der Waals surface area contributed by atoms with E-state index < -0.39 is 10.0 Å². The lowest BCUT2D eigenvalue weighted by Crippen LogP contribution is -2.28. The van der Waals surface area contributed by atoms with Crippen molar-refractivity contribution < 1.29 is 13.2 Å². The van der Waals surface area contributed by atoms with Gasteiger partial charge in [-0.15, -0.1) is 10.2 Å². The van der Waals surface area contributed by atoms with Gasteiger partial charge in [0, 0.05) is 13.1 Å². The predicted molar refractivity (Wildman–Crippen MR) is 87.1 cm³/mol. The van der Waals surface area contributed by atoms with E-state index in [9.17, 15) is 8.42 Å². The predicted octanol–water partition coefficient (Wildman–Crippen LogP) is 2.34. The van der Waals surface area contributed by atoms with E-state index in [-0.39, 0.29) is 22.5 Å². The first-order valence-electron chi connectivity index (χ1n) is 6.95. The Kier molecular flexibility index (Phi) is 5.28. The minimum Gasteiger partial charge on any atom is -0.495 e. The standard InChI is InChI=1S/C14H19ClN4O3S/c1-10(2)19-9-16-17-14(19)8-18(3)23(20,21)11-5-6-13(22-4)12(15)7-11/h5-7,9-10H,8H2,1-4H3. The molecule has 0 radical (unpaired) electrons. The first-order valence-corrected chi connectivity index (χ1v) is 8.77. The van der Waals surface area contributed by atoms with E-state index in [1.165, 1.54) is 36.7 Å². The quantitative estimate of drug-likeness (QED) is 0.792. The van der Waals surface area contributed by atoms with Crippen molar-refractivity contribution in [3.63, 3.8) is 0 Å². The molecule has 23 heavy (non-hydrogen) atoms. The zero-order valence-electron chi connectivity index (χ0n) is 13.4. The molecule has 2 rings (SSSR count). The maximum atomic E-state index is 12.7. The summed E-state index contributed by atoms with van der Waals surface area (Å²) in [6, 6.07) is 4.51. The summed E-state index contributed by atoms with van der Waals surface area (Å²) in [7, 11) is -0.727. The van der Waals surface area contributed by atoms with E-state index >= 15 is 0 Å². The molecular formula is C14H19ClN4O3S. The largest absolute Gasteiger partial charge is 0.495 e. The Hall–Kier alpha value is -1.64. The van der Waals surface area contributed by atoms with E-state index in [1.807, 2.05) is 18.4 Å². The van der Waals surface area contributed by atoms with Crippen molar-refractivity contribution in [1.82, 2.24) is 19.1 Å². The summed E-state index contributed by atoms with van der Waals surface area (Å²) in [5.41, 5.74) is 0. The normalized spacial score (nSPS) is 12.1. The van der Waals surface area contributed by atoms with Gasteiger partial charge in [-0.1, -0.05) is 11.6 Å². The molecule has 0 bridgehead atoms. The summed E-state index contributed by atoms with van der Waals surface area (Å²) in [5.74, 6) is 0.999. The summed E-state index contributed by atoms with van der Waals surface area (Å²) < 4.78 is 33.4. The zero-order valence-corrected chi connectivity index (χ0v) is 15.0. The third kappa shape index (κ3) is 3.65. The average molecular weight is 359 g/mol. The molecule has 0 saturated carbocycles. The van der Waals surface area contributed by atoms with Gasteiger partial charge < -0.3 is 9.30 Å². The lowest BCUT2D eigenvalue weighted by molar-refractivity contribution is 0.414. The topological polar surface area (TPSA) is 77.3 Å². The Labute approximate surface area is 140 Å². The van der Waals surface area contributed by atoms with E-state index in [1.54, 1.807) is 6.33 Å². The van der Waals surface area contributed by atoms with Gasteiger partial charge in [0.25, 0.3) is 0 Å². The minimum atomic E-state index is -3.69. The van der Waals surface area contributed by atoms with Crippen molar-refractivity contribution in [2.24, 2.45) is 0 Å². The number of sulfonamides is 1. The number of benzene rings is 1. The van der Waals surface area contributed by atoms with Crippen LogP contribution in [0.25, 0.3) is 0 Å². The third-order valence-corrected chi connectivity index (χ3v) is 5.49.